The molecule has 1 aromatic heterocycles. The van der Waals surface area contributed by atoms with Crippen LogP contribution in [-0.4, -0.2) is 28.5 Å². The predicted octanol–water partition coefficient (Wildman–Crippen LogP) is 3.37. The van der Waals surface area contributed by atoms with E-state index in [0.29, 0.717) is 6.42 Å². The van der Waals surface area contributed by atoms with Gasteiger partial charge in [0.2, 0.25) is 0 Å². The minimum Gasteiger partial charge on any atom is -0.374 e. The number of ether oxygens (including phenoxy) is 1. The summed E-state index contributed by atoms with van der Waals surface area (Å²) in [5.41, 5.74) is 2.06. The molecule has 0 aliphatic carbocycles. The van der Waals surface area contributed by atoms with Crippen molar-refractivity contribution in [1.82, 2.24) is 9.55 Å². The molecule has 1 unspecified atom stereocenters. The van der Waals surface area contributed by atoms with Crippen molar-refractivity contribution >= 4 is 16.8 Å². The molecule has 114 valence electrons. The highest BCUT2D eigenvalue weighted by atomic mass is 16.5. The number of benzene rings is 1. The Morgan fingerprint density at radius 1 is 1.29 bits per heavy atom. The minimum atomic E-state index is -0.315. The van der Waals surface area contributed by atoms with Gasteiger partial charge in [-0.15, -0.1) is 0 Å². The van der Waals surface area contributed by atoms with Gasteiger partial charge in [-0.25, -0.2) is 4.98 Å². The lowest BCUT2D eigenvalue weighted by atomic mass is 10.1. The number of rotatable bonds is 8. The summed E-state index contributed by atoms with van der Waals surface area (Å²) in [5.74, 6) is 0.966. The molecule has 0 aliphatic rings. The summed E-state index contributed by atoms with van der Waals surface area (Å²) in [7, 11) is 1.60. The number of fused-ring (bicyclic) bond motifs is 1. The van der Waals surface area contributed by atoms with Crippen LogP contribution in [0.2, 0.25) is 0 Å². The highest BCUT2D eigenvalue weighted by molar-refractivity contribution is 5.86. The van der Waals surface area contributed by atoms with Gasteiger partial charge >= 0.3 is 0 Å². The van der Waals surface area contributed by atoms with Gasteiger partial charge in [-0.2, -0.15) is 0 Å². The number of methoxy groups -OCH3 is 1. The van der Waals surface area contributed by atoms with Crippen LogP contribution in [0.4, 0.5) is 0 Å². The van der Waals surface area contributed by atoms with Crippen LogP contribution < -0.4 is 0 Å². The van der Waals surface area contributed by atoms with E-state index in [9.17, 15) is 4.79 Å². The van der Waals surface area contributed by atoms with Crippen molar-refractivity contribution in [2.45, 2.75) is 52.2 Å². The molecule has 0 fully saturated rings. The van der Waals surface area contributed by atoms with Gasteiger partial charge in [-0.3, -0.25) is 4.79 Å². The molecule has 4 heteroatoms. The standard InChI is InChI=1S/C17H24N2O2/c1-4-8-16(21-3)15(20)12-17-18-13-9-6-7-10-14(13)19(17)11-5-2/h6-7,9-10,16H,4-5,8,11-12H2,1-3H3. The lowest BCUT2D eigenvalue weighted by Crippen LogP contribution is -2.25. The molecule has 0 aliphatic heterocycles. The quantitative estimate of drug-likeness (QED) is 0.748. The first-order valence-electron chi connectivity index (χ1n) is 7.70. The molecule has 21 heavy (non-hydrogen) atoms. The molecule has 0 amide bonds. The number of hydrogen-bond donors (Lipinski definition) is 0. The summed E-state index contributed by atoms with van der Waals surface area (Å²) in [6, 6.07) is 8.05. The molecular weight excluding hydrogens is 264 g/mol. The van der Waals surface area contributed by atoms with E-state index >= 15 is 0 Å². The second-order valence-electron chi connectivity index (χ2n) is 5.32. The maximum atomic E-state index is 12.4. The molecule has 0 spiro atoms. The fourth-order valence-electron chi connectivity index (χ4n) is 2.68. The lowest BCUT2D eigenvalue weighted by Gasteiger charge is -2.13. The Hall–Kier alpha value is -1.68. The van der Waals surface area contributed by atoms with Crippen LogP contribution in [0.3, 0.4) is 0 Å². The van der Waals surface area contributed by atoms with E-state index in [0.717, 1.165) is 42.7 Å². The van der Waals surface area contributed by atoms with Crippen LogP contribution in [0.25, 0.3) is 11.0 Å². The number of para-hydroxylation sites is 2. The molecule has 0 bridgehead atoms. The van der Waals surface area contributed by atoms with Crippen molar-refractivity contribution in [2.75, 3.05) is 7.11 Å². The zero-order valence-corrected chi connectivity index (χ0v) is 13.1. The number of aryl methyl sites for hydroxylation is 1. The van der Waals surface area contributed by atoms with Crippen molar-refractivity contribution in [3.63, 3.8) is 0 Å². The average Bonchev–Trinajstić information content (AvgIpc) is 2.83. The number of hydrogen-bond acceptors (Lipinski definition) is 3. The van der Waals surface area contributed by atoms with Crippen molar-refractivity contribution in [3.05, 3.63) is 30.1 Å². The van der Waals surface area contributed by atoms with Gasteiger partial charge in [0.15, 0.2) is 5.78 Å². The van der Waals surface area contributed by atoms with Crippen molar-refractivity contribution in [2.24, 2.45) is 0 Å². The molecule has 0 saturated carbocycles. The summed E-state index contributed by atoms with van der Waals surface area (Å²) in [6.45, 7) is 5.08. The maximum Gasteiger partial charge on any atom is 0.169 e. The van der Waals surface area contributed by atoms with Crippen LogP contribution in [0, 0.1) is 0 Å². The van der Waals surface area contributed by atoms with Crippen LogP contribution in [0.5, 0.6) is 0 Å². The molecule has 1 aromatic carbocycles. The van der Waals surface area contributed by atoms with Crippen LogP contribution in [-0.2, 0) is 22.5 Å². The third kappa shape index (κ3) is 3.50. The monoisotopic (exact) mass is 288 g/mol. The minimum absolute atomic E-state index is 0.118. The molecule has 4 nitrogen and oxygen atoms in total. The third-order valence-electron chi connectivity index (χ3n) is 3.71. The number of ketones is 1. The fourth-order valence-corrected chi connectivity index (χ4v) is 2.68. The van der Waals surface area contributed by atoms with Gasteiger partial charge in [-0.1, -0.05) is 32.4 Å². The van der Waals surface area contributed by atoms with Gasteiger partial charge in [-0.05, 0) is 25.0 Å². The van der Waals surface area contributed by atoms with E-state index in [2.05, 4.69) is 29.5 Å². The smallest absolute Gasteiger partial charge is 0.169 e. The van der Waals surface area contributed by atoms with Crippen LogP contribution in [0.1, 0.15) is 38.9 Å². The second-order valence-corrected chi connectivity index (χ2v) is 5.32. The molecule has 2 aromatic rings. The molecule has 2 rings (SSSR count). The van der Waals surface area contributed by atoms with E-state index in [-0.39, 0.29) is 11.9 Å². The molecule has 1 atom stereocenters. The molecule has 0 radical (unpaired) electrons. The Bertz CT molecular complexity index is 604. The van der Waals surface area contributed by atoms with E-state index in [1.54, 1.807) is 7.11 Å². The molecule has 0 saturated heterocycles. The number of imidazole rings is 1. The Balaban J connectivity index is 2.28. The maximum absolute atomic E-state index is 12.4. The largest absolute Gasteiger partial charge is 0.374 e. The van der Waals surface area contributed by atoms with Crippen LogP contribution in [0.15, 0.2) is 24.3 Å². The van der Waals surface area contributed by atoms with Crippen molar-refractivity contribution < 1.29 is 9.53 Å². The van der Waals surface area contributed by atoms with Gasteiger partial charge in [0.05, 0.1) is 17.5 Å². The van der Waals surface area contributed by atoms with Gasteiger partial charge in [0.1, 0.15) is 11.9 Å². The van der Waals surface area contributed by atoms with Crippen LogP contribution >= 0.6 is 0 Å². The number of carbonyl (C=O) groups is 1. The third-order valence-corrected chi connectivity index (χ3v) is 3.71. The number of aromatic nitrogens is 2. The zero-order chi connectivity index (χ0) is 15.2. The first-order valence-corrected chi connectivity index (χ1v) is 7.70. The van der Waals surface area contributed by atoms with E-state index < -0.39 is 0 Å². The summed E-state index contributed by atoms with van der Waals surface area (Å²) < 4.78 is 7.47. The topological polar surface area (TPSA) is 44.1 Å². The second kappa shape index (κ2) is 7.36. The summed E-state index contributed by atoms with van der Waals surface area (Å²) in [4.78, 5) is 17.0. The highest BCUT2D eigenvalue weighted by Gasteiger charge is 2.20. The highest BCUT2D eigenvalue weighted by Crippen LogP contribution is 2.18. The first kappa shape index (κ1) is 15.7. The molecular formula is C17H24N2O2. The lowest BCUT2D eigenvalue weighted by molar-refractivity contribution is -0.128. The van der Waals surface area contributed by atoms with E-state index in [1.807, 2.05) is 18.2 Å². The number of Topliss-reactive ketones (excluding diaryl/α,β-unsaturated/α-hetero) is 1. The first-order chi connectivity index (χ1) is 10.2. The molecule has 1 heterocycles. The van der Waals surface area contributed by atoms with Gasteiger partial charge < -0.3 is 9.30 Å². The van der Waals surface area contributed by atoms with E-state index in [4.69, 9.17) is 4.74 Å². The van der Waals surface area contributed by atoms with Crippen molar-refractivity contribution in [3.8, 4) is 0 Å². The predicted molar refractivity (Wildman–Crippen MR) is 84.4 cm³/mol. The Morgan fingerprint density at radius 3 is 2.71 bits per heavy atom. The summed E-state index contributed by atoms with van der Waals surface area (Å²) >= 11 is 0. The Kier molecular flexibility index (Phi) is 5.51. The number of carbonyl (C=O) groups excluding carboxylic acids is 1. The molecule has 0 N–H and O–H groups in total. The Labute approximate surface area is 126 Å². The van der Waals surface area contributed by atoms with E-state index in [1.165, 1.54) is 0 Å². The van der Waals surface area contributed by atoms with Gasteiger partial charge in [0, 0.05) is 13.7 Å². The Morgan fingerprint density at radius 2 is 2.05 bits per heavy atom. The fraction of sp³-hybridized carbons (Fsp3) is 0.529. The average molecular weight is 288 g/mol. The SMILES string of the molecule is CCCC(OC)C(=O)Cc1nc2ccccc2n1CCC. The number of nitrogens with zero attached hydrogens (tertiary/aromatic N) is 2. The van der Waals surface area contributed by atoms with Crippen molar-refractivity contribution in [1.29, 1.82) is 0 Å². The normalized spacial score (nSPS) is 12.7. The summed E-state index contributed by atoms with van der Waals surface area (Å²) in [6.07, 6.45) is 2.75. The van der Waals surface area contributed by atoms with Gasteiger partial charge in [0.25, 0.3) is 0 Å². The zero-order valence-electron chi connectivity index (χ0n) is 13.1. The summed E-state index contributed by atoms with van der Waals surface area (Å²) in [5, 5.41) is 0.